The molecule has 1 aromatic carbocycles. The molecule has 1 fully saturated rings. The molecule has 1 saturated heterocycles. The van der Waals surface area contributed by atoms with Crippen molar-refractivity contribution < 1.29 is 14.3 Å². The van der Waals surface area contributed by atoms with E-state index in [1.165, 1.54) is 0 Å². The molecule has 5 nitrogen and oxygen atoms in total. The number of rotatable bonds is 5. The molecule has 0 spiro atoms. The number of piperidine rings is 1. The fourth-order valence-corrected chi connectivity index (χ4v) is 2.64. The van der Waals surface area contributed by atoms with Crippen molar-refractivity contribution >= 4 is 11.8 Å². The van der Waals surface area contributed by atoms with Crippen LogP contribution in [-0.2, 0) is 9.53 Å². The quantitative estimate of drug-likeness (QED) is 0.841. The molecule has 0 aliphatic carbocycles. The second-order valence-electron chi connectivity index (χ2n) is 5.72. The second-order valence-corrected chi connectivity index (χ2v) is 5.72. The van der Waals surface area contributed by atoms with Crippen molar-refractivity contribution in [2.45, 2.75) is 19.8 Å². The number of amides is 2. The van der Waals surface area contributed by atoms with Gasteiger partial charge in [0.1, 0.15) is 0 Å². The predicted molar refractivity (Wildman–Crippen MR) is 84.7 cm³/mol. The summed E-state index contributed by atoms with van der Waals surface area (Å²) in [6, 6.07) is 7.62. The van der Waals surface area contributed by atoms with Gasteiger partial charge in [-0.2, -0.15) is 0 Å². The van der Waals surface area contributed by atoms with E-state index in [9.17, 15) is 9.59 Å². The molecule has 0 bridgehead atoms. The Kier molecular flexibility index (Phi) is 5.95. The Morgan fingerprint density at radius 3 is 2.45 bits per heavy atom. The summed E-state index contributed by atoms with van der Waals surface area (Å²) in [6.45, 7) is 4.33. The molecule has 1 aliphatic rings. The number of hydrogen-bond donors (Lipinski definition) is 1. The molecular weight excluding hydrogens is 280 g/mol. The van der Waals surface area contributed by atoms with Crippen molar-refractivity contribution in [3.63, 3.8) is 0 Å². The van der Waals surface area contributed by atoms with Gasteiger partial charge < -0.3 is 15.0 Å². The SMILES string of the molecule is COCCNC(=O)C1CCN(C(=O)c2ccc(C)cc2)CC1. The number of nitrogens with one attached hydrogen (secondary N) is 1. The number of carbonyl (C=O) groups is 2. The molecule has 2 amide bonds. The van der Waals surface area contributed by atoms with Crippen LogP contribution < -0.4 is 5.32 Å². The lowest BCUT2D eigenvalue weighted by atomic mass is 9.95. The third-order valence-corrected chi connectivity index (χ3v) is 4.06. The normalized spacial score (nSPS) is 15.6. The Bertz CT molecular complexity index is 505. The van der Waals surface area contributed by atoms with Crippen LogP contribution in [0.15, 0.2) is 24.3 Å². The van der Waals surface area contributed by atoms with Gasteiger partial charge in [-0.1, -0.05) is 17.7 Å². The van der Waals surface area contributed by atoms with Crippen molar-refractivity contribution in [3.05, 3.63) is 35.4 Å². The predicted octanol–water partition coefficient (Wildman–Crippen LogP) is 1.61. The first-order chi connectivity index (χ1) is 10.6. The summed E-state index contributed by atoms with van der Waals surface area (Å²) in [5, 5.41) is 2.87. The van der Waals surface area contributed by atoms with Crippen LogP contribution in [0.4, 0.5) is 0 Å². The van der Waals surface area contributed by atoms with Gasteiger partial charge in [0.25, 0.3) is 5.91 Å². The van der Waals surface area contributed by atoms with Gasteiger partial charge in [0.15, 0.2) is 0 Å². The zero-order valence-electron chi connectivity index (χ0n) is 13.3. The molecule has 0 saturated carbocycles. The Balaban J connectivity index is 1.82. The first-order valence-corrected chi connectivity index (χ1v) is 7.74. The molecule has 0 aromatic heterocycles. The molecule has 2 rings (SSSR count). The Labute approximate surface area is 131 Å². The highest BCUT2D eigenvalue weighted by molar-refractivity contribution is 5.94. The highest BCUT2D eigenvalue weighted by Gasteiger charge is 2.27. The number of benzene rings is 1. The zero-order valence-corrected chi connectivity index (χ0v) is 13.3. The van der Waals surface area contributed by atoms with Crippen molar-refractivity contribution in [2.24, 2.45) is 5.92 Å². The molecule has 120 valence electrons. The number of likely N-dealkylation sites (tertiary alicyclic amines) is 1. The van der Waals surface area contributed by atoms with E-state index in [4.69, 9.17) is 4.74 Å². The van der Waals surface area contributed by atoms with Crippen molar-refractivity contribution in [2.75, 3.05) is 33.4 Å². The van der Waals surface area contributed by atoms with Crippen LogP contribution in [-0.4, -0.2) is 50.1 Å². The van der Waals surface area contributed by atoms with E-state index >= 15 is 0 Å². The summed E-state index contributed by atoms with van der Waals surface area (Å²) in [6.07, 6.45) is 1.44. The van der Waals surface area contributed by atoms with Crippen LogP contribution in [0.25, 0.3) is 0 Å². The molecule has 1 aliphatic heterocycles. The second kappa shape index (κ2) is 7.94. The highest BCUT2D eigenvalue weighted by Crippen LogP contribution is 2.19. The topological polar surface area (TPSA) is 58.6 Å². The molecule has 0 radical (unpaired) electrons. The average molecular weight is 304 g/mol. The first kappa shape index (κ1) is 16.5. The number of ether oxygens (including phenoxy) is 1. The van der Waals surface area contributed by atoms with E-state index in [-0.39, 0.29) is 17.7 Å². The van der Waals surface area contributed by atoms with Crippen LogP contribution in [0.1, 0.15) is 28.8 Å². The van der Waals surface area contributed by atoms with Gasteiger partial charge in [0.2, 0.25) is 5.91 Å². The van der Waals surface area contributed by atoms with Crippen LogP contribution in [0.3, 0.4) is 0 Å². The minimum absolute atomic E-state index is 0.000996. The van der Waals surface area contributed by atoms with E-state index in [0.29, 0.717) is 31.8 Å². The maximum Gasteiger partial charge on any atom is 0.253 e. The number of hydrogen-bond acceptors (Lipinski definition) is 3. The van der Waals surface area contributed by atoms with Crippen LogP contribution in [0.2, 0.25) is 0 Å². The van der Waals surface area contributed by atoms with Gasteiger partial charge in [0.05, 0.1) is 6.61 Å². The maximum atomic E-state index is 12.4. The van der Waals surface area contributed by atoms with E-state index in [2.05, 4.69) is 5.32 Å². The standard InChI is InChI=1S/C17H24N2O3/c1-13-3-5-15(6-4-13)17(21)19-10-7-14(8-11-19)16(20)18-9-12-22-2/h3-6,14H,7-12H2,1-2H3,(H,18,20). The molecule has 5 heteroatoms. The molecule has 1 N–H and O–H groups in total. The monoisotopic (exact) mass is 304 g/mol. The van der Waals surface area contributed by atoms with Crippen LogP contribution in [0, 0.1) is 12.8 Å². The van der Waals surface area contributed by atoms with E-state index in [1.807, 2.05) is 36.1 Å². The maximum absolute atomic E-state index is 12.4. The average Bonchev–Trinajstić information content (AvgIpc) is 2.55. The number of methoxy groups -OCH3 is 1. The van der Waals surface area contributed by atoms with Gasteiger partial charge in [0, 0.05) is 38.2 Å². The van der Waals surface area contributed by atoms with Gasteiger partial charge in [-0.3, -0.25) is 9.59 Å². The summed E-state index contributed by atoms with van der Waals surface area (Å²) in [4.78, 5) is 26.2. The lowest BCUT2D eigenvalue weighted by molar-refractivity contribution is -0.126. The summed E-state index contributed by atoms with van der Waals surface area (Å²) in [5.41, 5.74) is 1.86. The molecular formula is C17H24N2O3. The van der Waals surface area contributed by atoms with Gasteiger partial charge in [-0.15, -0.1) is 0 Å². The van der Waals surface area contributed by atoms with Crippen LogP contribution >= 0.6 is 0 Å². The van der Waals surface area contributed by atoms with Crippen LogP contribution in [0.5, 0.6) is 0 Å². The van der Waals surface area contributed by atoms with Crippen molar-refractivity contribution in [1.29, 1.82) is 0 Å². The van der Waals surface area contributed by atoms with E-state index in [1.54, 1.807) is 7.11 Å². The Morgan fingerprint density at radius 1 is 1.23 bits per heavy atom. The van der Waals surface area contributed by atoms with Crippen molar-refractivity contribution in [1.82, 2.24) is 10.2 Å². The summed E-state index contributed by atoms with van der Waals surface area (Å²) in [7, 11) is 1.61. The molecule has 22 heavy (non-hydrogen) atoms. The largest absolute Gasteiger partial charge is 0.383 e. The minimum Gasteiger partial charge on any atom is -0.383 e. The summed E-state index contributed by atoms with van der Waals surface area (Å²) >= 11 is 0. The fourth-order valence-electron chi connectivity index (χ4n) is 2.64. The fraction of sp³-hybridized carbons (Fsp3) is 0.529. The van der Waals surface area contributed by atoms with E-state index in [0.717, 1.165) is 18.4 Å². The Morgan fingerprint density at radius 2 is 1.86 bits per heavy atom. The Hall–Kier alpha value is -1.88. The minimum atomic E-state index is -0.000996. The third-order valence-electron chi connectivity index (χ3n) is 4.06. The summed E-state index contributed by atoms with van der Waals surface area (Å²) < 4.78 is 4.92. The summed E-state index contributed by atoms with van der Waals surface area (Å²) in [5.74, 6) is 0.122. The van der Waals surface area contributed by atoms with E-state index < -0.39 is 0 Å². The lowest BCUT2D eigenvalue weighted by Gasteiger charge is -2.31. The van der Waals surface area contributed by atoms with Crippen molar-refractivity contribution in [3.8, 4) is 0 Å². The lowest BCUT2D eigenvalue weighted by Crippen LogP contribution is -2.43. The molecule has 1 heterocycles. The van der Waals surface area contributed by atoms with Gasteiger partial charge in [-0.25, -0.2) is 0 Å². The third kappa shape index (κ3) is 4.31. The molecule has 0 atom stereocenters. The highest BCUT2D eigenvalue weighted by atomic mass is 16.5. The molecule has 0 unspecified atom stereocenters. The number of carbonyl (C=O) groups excluding carboxylic acids is 2. The smallest absolute Gasteiger partial charge is 0.253 e. The number of aryl methyl sites for hydroxylation is 1. The van der Waals surface area contributed by atoms with Gasteiger partial charge >= 0.3 is 0 Å². The van der Waals surface area contributed by atoms with Gasteiger partial charge in [-0.05, 0) is 31.9 Å². The number of nitrogens with zero attached hydrogens (tertiary/aromatic N) is 1. The zero-order chi connectivity index (χ0) is 15.9. The molecule has 1 aromatic rings. The first-order valence-electron chi connectivity index (χ1n) is 7.74.